The predicted octanol–water partition coefficient (Wildman–Crippen LogP) is 1.84. The summed E-state index contributed by atoms with van der Waals surface area (Å²) in [5, 5.41) is 3.34. The minimum atomic E-state index is -1.19. The third-order valence-electron chi connectivity index (χ3n) is 0.954. The summed E-state index contributed by atoms with van der Waals surface area (Å²) < 4.78 is 16.9. The molecule has 0 saturated heterocycles. The van der Waals surface area contributed by atoms with E-state index in [1.165, 1.54) is 6.92 Å². The molecule has 0 aliphatic rings. The van der Waals surface area contributed by atoms with Gasteiger partial charge in [0.15, 0.2) is 6.17 Å². The average Bonchev–Trinajstić information content (AvgIpc) is 2.34. The van der Waals surface area contributed by atoms with E-state index in [1.54, 1.807) is 0 Å². The van der Waals surface area contributed by atoms with Crippen LogP contribution < -0.4 is 0 Å². The smallest absolute Gasteiger partial charge is 0.241 e. The first kappa shape index (κ1) is 7.47. The fourth-order valence-corrected chi connectivity index (χ4v) is 0.592. The number of nitrogens with zero attached hydrogens (tertiary/aromatic N) is 2. The molecule has 0 saturated carbocycles. The van der Waals surface area contributed by atoms with Gasteiger partial charge in [0.2, 0.25) is 11.7 Å². The van der Waals surface area contributed by atoms with Gasteiger partial charge >= 0.3 is 0 Å². The number of hydrogen-bond donors (Lipinski definition) is 0. The van der Waals surface area contributed by atoms with Crippen LogP contribution in [0.2, 0.25) is 0 Å². The Hall–Kier alpha value is -0.640. The van der Waals surface area contributed by atoms with Crippen LogP contribution in [0.5, 0.6) is 0 Å². The lowest BCUT2D eigenvalue weighted by molar-refractivity contribution is 0.328. The summed E-state index contributed by atoms with van der Waals surface area (Å²) in [6.45, 7) is 1.34. The third kappa shape index (κ3) is 1.44. The van der Waals surface area contributed by atoms with Crippen molar-refractivity contribution in [1.82, 2.24) is 10.1 Å². The number of alkyl halides is 2. The summed E-state index contributed by atoms with van der Waals surface area (Å²) in [6.07, 6.45) is -1.19. The highest BCUT2D eigenvalue weighted by atomic mass is 35.5. The third-order valence-corrected chi connectivity index (χ3v) is 1.18. The average molecular weight is 165 g/mol. The van der Waals surface area contributed by atoms with Crippen LogP contribution in [0.3, 0.4) is 0 Å². The Morgan fingerprint density at radius 1 is 1.80 bits per heavy atom. The summed E-state index contributed by atoms with van der Waals surface area (Å²) in [5.41, 5.74) is 0. The summed E-state index contributed by atoms with van der Waals surface area (Å²) in [5.74, 6) is 0.427. The van der Waals surface area contributed by atoms with Crippen LogP contribution in [0.15, 0.2) is 4.52 Å². The van der Waals surface area contributed by atoms with Gasteiger partial charge in [0.1, 0.15) is 5.88 Å². The number of rotatable bonds is 2. The van der Waals surface area contributed by atoms with Crippen LogP contribution in [0.1, 0.15) is 24.8 Å². The standard InChI is InChI=1S/C5H6ClFN2O/c1-3(7)5-8-4(2-6)10-9-5/h3H,2H2,1H3. The highest BCUT2D eigenvalue weighted by Gasteiger charge is 2.10. The van der Waals surface area contributed by atoms with Crippen molar-refractivity contribution in [2.75, 3.05) is 0 Å². The van der Waals surface area contributed by atoms with Gasteiger partial charge in [0.05, 0.1) is 0 Å². The molecule has 1 atom stereocenters. The highest BCUT2D eigenvalue weighted by Crippen LogP contribution is 2.12. The largest absolute Gasteiger partial charge is 0.338 e. The SMILES string of the molecule is CC(F)c1noc(CCl)n1. The van der Waals surface area contributed by atoms with E-state index >= 15 is 0 Å². The molecule has 1 aromatic rings. The van der Waals surface area contributed by atoms with Crippen molar-refractivity contribution in [3.63, 3.8) is 0 Å². The molecular weight excluding hydrogens is 159 g/mol. The van der Waals surface area contributed by atoms with Crippen LogP contribution >= 0.6 is 11.6 Å². The van der Waals surface area contributed by atoms with Gasteiger partial charge in [0.25, 0.3) is 0 Å². The molecule has 1 rings (SSSR count). The van der Waals surface area contributed by atoms with Crippen molar-refractivity contribution < 1.29 is 8.91 Å². The molecular formula is C5H6ClFN2O. The second-order valence-electron chi connectivity index (χ2n) is 1.80. The lowest BCUT2D eigenvalue weighted by atomic mass is 10.4. The van der Waals surface area contributed by atoms with Crippen LogP contribution in [0.4, 0.5) is 4.39 Å². The van der Waals surface area contributed by atoms with Gasteiger partial charge < -0.3 is 4.52 Å². The van der Waals surface area contributed by atoms with Gasteiger partial charge in [-0.25, -0.2) is 4.39 Å². The molecule has 56 valence electrons. The molecule has 1 unspecified atom stereocenters. The zero-order valence-electron chi connectivity index (χ0n) is 5.34. The number of hydrogen-bond acceptors (Lipinski definition) is 3. The zero-order valence-corrected chi connectivity index (χ0v) is 6.10. The van der Waals surface area contributed by atoms with Gasteiger partial charge in [-0.05, 0) is 6.92 Å². The topological polar surface area (TPSA) is 38.9 Å². The maximum atomic E-state index is 12.4. The fourth-order valence-electron chi connectivity index (χ4n) is 0.484. The first-order valence-corrected chi connectivity index (χ1v) is 3.30. The van der Waals surface area contributed by atoms with Crippen LogP contribution in [0, 0.1) is 0 Å². The summed E-state index contributed by atoms with van der Waals surface area (Å²) >= 11 is 5.33. The van der Waals surface area contributed by atoms with E-state index < -0.39 is 6.17 Å². The molecule has 0 amide bonds. The summed E-state index contributed by atoms with van der Waals surface area (Å²) in [4.78, 5) is 3.64. The maximum Gasteiger partial charge on any atom is 0.241 e. The van der Waals surface area contributed by atoms with Crippen molar-refractivity contribution >= 4 is 11.6 Å². The summed E-state index contributed by atoms with van der Waals surface area (Å²) in [7, 11) is 0. The Morgan fingerprint density at radius 3 is 2.80 bits per heavy atom. The van der Waals surface area contributed by atoms with E-state index in [2.05, 4.69) is 14.7 Å². The Bertz CT molecular complexity index is 213. The molecule has 0 aliphatic carbocycles. The fraction of sp³-hybridized carbons (Fsp3) is 0.600. The van der Waals surface area contributed by atoms with Gasteiger partial charge in [-0.3, -0.25) is 0 Å². The number of halogens is 2. The lowest BCUT2D eigenvalue weighted by Gasteiger charge is -1.87. The molecule has 0 bridgehead atoms. The molecule has 5 heteroatoms. The quantitative estimate of drug-likeness (QED) is 0.626. The lowest BCUT2D eigenvalue weighted by Crippen LogP contribution is -1.87. The van der Waals surface area contributed by atoms with Crippen molar-refractivity contribution in [2.24, 2.45) is 0 Å². The number of aromatic nitrogens is 2. The van der Waals surface area contributed by atoms with Crippen molar-refractivity contribution in [3.05, 3.63) is 11.7 Å². The molecule has 0 radical (unpaired) electrons. The summed E-state index contributed by atoms with van der Waals surface area (Å²) in [6, 6.07) is 0. The molecule has 0 N–H and O–H groups in total. The molecule has 10 heavy (non-hydrogen) atoms. The minimum absolute atomic E-state index is 0.0515. The van der Waals surface area contributed by atoms with E-state index in [1.807, 2.05) is 0 Å². The molecule has 0 aliphatic heterocycles. The van der Waals surface area contributed by atoms with Crippen molar-refractivity contribution in [1.29, 1.82) is 0 Å². The van der Waals surface area contributed by atoms with Gasteiger partial charge in [-0.1, -0.05) is 5.16 Å². The normalized spacial score (nSPS) is 13.5. The Morgan fingerprint density at radius 2 is 2.50 bits per heavy atom. The first-order valence-electron chi connectivity index (χ1n) is 2.76. The van der Waals surface area contributed by atoms with E-state index in [-0.39, 0.29) is 17.6 Å². The van der Waals surface area contributed by atoms with Gasteiger partial charge in [-0.15, -0.1) is 11.6 Å². The molecule has 0 aromatic carbocycles. The Balaban J connectivity index is 2.78. The van der Waals surface area contributed by atoms with Crippen molar-refractivity contribution in [3.8, 4) is 0 Å². The van der Waals surface area contributed by atoms with E-state index in [9.17, 15) is 4.39 Å². The minimum Gasteiger partial charge on any atom is -0.338 e. The second kappa shape index (κ2) is 2.96. The van der Waals surface area contributed by atoms with Crippen LogP contribution in [0.25, 0.3) is 0 Å². The molecule has 0 fully saturated rings. The van der Waals surface area contributed by atoms with E-state index in [0.717, 1.165) is 0 Å². The zero-order chi connectivity index (χ0) is 7.56. The van der Waals surface area contributed by atoms with E-state index in [4.69, 9.17) is 11.6 Å². The predicted molar refractivity (Wildman–Crippen MR) is 33.4 cm³/mol. The molecule has 0 spiro atoms. The molecule has 1 aromatic heterocycles. The Labute approximate surface area is 62.2 Å². The molecule has 3 nitrogen and oxygen atoms in total. The van der Waals surface area contributed by atoms with Crippen LogP contribution in [-0.4, -0.2) is 10.1 Å². The van der Waals surface area contributed by atoms with Crippen LogP contribution in [-0.2, 0) is 5.88 Å². The van der Waals surface area contributed by atoms with Crippen molar-refractivity contribution in [2.45, 2.75) is 19.0 Å². The monoisotopic (exact) mass is 164 g/mol. The molecule has 1 heterocycles. The maximum absolute atomic E-state index is 12.4. The second-order valence-corrected chi connectivity index (χ2v) is 2.06. The van der Waals surface area contributed by atoms with E-state index in [0.29, 0.717) is 0 Å². The van der Waals surface area contributed by atoms with Gasteiger partial charge in [0, 0.05) is 0 Å². The Kier molecular flexibility index (Phi) is 2.21. The highest BCUT2D eigenvalue weighted by molar-refractivity contribution is 6.16. The van der Waals surface area contributed by atoms with Gasteiger partial charge in [-0.2, -0.15) is 4.98 Å². The first-order chi connectivity index (χ1) is 4.74.